The van der Waals surface area contributed by atoms with Crippen molar-refractivity contribution < 1.29 is 4.79 Å². The van der Waals surface area contributed by atoms with Gasteiger partial charge in [0.15, 0.2) is 0 Å². The van der Waals surface area contributed by atoms with E-state index in [0.29, 0.717) is 22.0 Å². The highest BCUT2D eigenvalue weighted by Gasteiger charge is 2.45. The van der Waals surface area contributed by atoms with Gasteiger partial charge in [0.1, 0.15) is 0 Å². The molecule has 1 amide bonds. The molecule has 2 aromatic carbocycles. The minimum absolute atomic E-state index is 0.0931. The van der Waals surface area contributed by atoms with E-state index in [4.69, 9.17) is 0 Å². The van der Waals surface area contributed by atoms with E-state index >= 15 is 0 Å². The number of alkyl halides is 1. The first-order valence-electron chi connectivity index (χ1n) is 10.6. The average Bonchev–Trinajstić information content (AvgIpc) is 2.77. The summed E-state index contributed by atoms with van der Waals surface area (Å²) in [7, 11) is 0. The van der Waals surface area contributed by atoms with Gasteiger partial charge in [0, 0.05) is 44.7 Å². The monoisotopic (exact) mass is 503 g/mol. The highest BCUT2D eigenvalue weighted by Crippen LogP contribution is 2.40. The van der Waals surface area contributed by atoms with E-state index in [9.17, 15) is 4.79 Å². The van der Waals surface area contributed by atoms with Gasteiger partial charge in [0.25, 0.3) is 0 Å². The first-order valence-corrected chi connectivity index (χ1v) is 11.8. The second-order valence-electron chi connectivity index (χ2n) is 8.38. The number of piperazine rings is 1. The van der Waals surface area contributed by atoms with E-state index in [1.165, 1.54) is 11.1 Å². The maximum absolute atomic E-state index is 12.3. The van der Waals surface area contributed by atoms with Gasteiger partial charge in [-0.05, 0) is 11.1 Å². The number of halogens is 1. The number of rotatable bonds is 5. The summed E-state index contributed by atoms with van der Waals surface area (Å²) in [6, 6.07) is 22.5. The number of nitrogens with zero attached hydrogens (tertiary/aromatic N) is 3. The molecule has 2 unspecified atom stereocenters. The van der Waals surface area contributed by atoms with E-state index in [-0.39, 0.29) is 5.92 Å². The second kappa shape index (κ2) is 9.14. The SMILES string of the molecule is CC(C)C(=O)N1CCN(C2CN(C(c3ccccc3)c3ccccc3)C2I)CC1. The number of likely N-dealkylation sites (tertiary alicyclic amines) is 1. The minimum atomic E-state index is 0.0931. The summed E-state index contributed by atoms with van der Waals surface area (Å²) in [5.41, 5.74) is 2.71. The zero-order valence-electron chi connectivity index (χ0n) is 17.2. The third-order valence-electron chi connectivity index (χ3n) is 6.18. The molecule has 2 fully saturated rings. The molecule has 2 saturated heterocycles. The zero-order valence-corrected chi connectivity index (χ0v) is 19.4. The summed E-state index contributed by atoms with van der Waals surface area (Å²) >= 11 is 2.62. The Morgan fingerprint density at radius 3 is 1.86 bits per heavy atom. The Morgan fingerprint density at radius 2 is 1.41 bits per heavy atom. The van der Waals surface area contributed by atoms with Crippen LogP contribution in [0.25, 0.3) is 0 Å². The van der Waals surface area contributed by atoms with Gasteiger partial charge in [-0.25, -0.2) is 0 Å². The van der Waals surface area contributed by atoms with E-state index < -0.39 is 0 Å². The predicted octanol–water partition coefficient (Wildman–Crippen LogP) is 4.02. The van der Waals surface area contributed by atoms with Crippen molar-refractivity contribution in [3.63, 3.8) is 0 Å². The molecule has 0 saturated carbocycles. The lowest BCUT2D eigenvalue weighted by molar-refractivity contribution is -0.137. The maximum atomic E-state index is 12.3. The Bertz CT molecular complexity index is 766. The molecular formula is C24H30IN3O. The first kappa shape index (κ1) is 20.8. The molecule has 2 aliphatic heterocycles. The van der Waals surface area contributed by atoms with Gasteiger partial charge in [-0.3, -0.25) is 14.6 Å². The fraction of sp³-hybridized carbons (Fsp3) is 0.458. The highest BCUT2D eigenvalue weighted by molar-refractivity contribution is 14.1. The predicted molar refractivity (Wildman–Crippen MR) is 126 cm³/mol. The Labute approximate surface area is 188 Å². The van der Waals surface area contributed by atoms with Crippen LogP contribution in [0.15, 0.2) is 60.7 Å². The molecular weight excluding hydrogens is 473 g/mol. The molecule has 0 radical (unpaired) electrons. The number of amides is 1. The Hall–Kier alpha value is -1.44. The molecule has 5 heteroatoms. The molecule has 0 bridgehead atoms. The molecule has 4 nitrogen and oxygen atoms in total. The third kappa shape index (κ3) is 4.37. The molecule has 4 rings (SSSR count). The van der Waals surface area contributed by atoms with Gasteiger partial charge in [0.05, 0.1) is 10.1 Å². The van der Waals surface area contributed by atoms with Crippen LogP contribution in [0.1, 0.15) is 31.0 Å². The van der Waals surface area contributed by atoms with Crippen LogP contribution in [0.2, 0.25) is 0 Å². The molecule has 29 heavy (non-hydrogen) atoms. The highest BCUT2D eigenvalue weighted by atomic mass is 127. The number of carbonyl (C=O) groups is 1. The lowest BCUT2D eigenvalue weighted by Gasteiger charge is -2.54. The van der Waals surface area contributed by atoms with Crippen molar-refractivity contribution in [2.75, 3.05) is 32.7 Å². The molecule has 0 N–H and O–H groups in total. The van der Waals surface area contributed by atoms with E-state index in [1.807, 2.05) is 18.7 Å². The second-order valence-corrected chi connectivity index (χ2v) is 9.65. The topological polar surface area (TPSA) is 26.8 Å². The molecule has 2 atom stereocenters. The summed E-state index contributed by atoms with van der Waals surface area (Å²) in [5.74, 6) is 0.384. The largest absolute Gasteiger partial charge is 0.340 e. The maximum Gasteiger partial charge on any atom is 0.225 e. The first-order chi connectivity index (χ1) is 14.1. The molecule has 2 aliphatic rings. The zero-order chi connectivity index (χ0) is 20.4. The van der Waals surface area contributed by atoms with Crippen molar-refractivity contribution in [3.05, 3.63) is 71.8 Å². The van der Waals surface area contributed by atoms with Gasteiger partial charge < -0.3 is 4.90 Å². The lowest BCUT2D eigenvalue weighted by Crippen LogP contribution is -2.67. The van der Waals surface area contributed by atoms with Crippen LogP contribution in [0.3, 0.4) is 0 Å². The van der Waals surface area contributed by atoms with Gasteiger partial charge >= 0.3 is 0 Å². The summed E-state index contributed by atoms with van der Waals surface area (Å²) in [6.45, 7) is 8.74. The smallest absolute Gasteiger partial charge is 0.225 e. The summed E-state index contributed by atoms with van der Waals surface area (Å²) in [4.78, 5) is 19.5. The van der Waals surface area contributed by atoms with Gasteiger partial charge in [-0.1, -0.05) is 97.1 Å². The van der Waals surface area contributed by atoms with E-state index in [1.54, 1.807) is 0 Å². The van der Waals surface area contributed by atoms with Crippen LogP contribution in [-0.2, 0) is 4.79 Å². The Balaban J connectivity index is 1.44. The van der Waals surface area contributed by atoms with Gasteiger partial charge in [-0.2, -0.15) is 0 Å². The third-order valence-corrected chi connectivity index (χ3v) is 7.73. The van der Waals surface area contributed by atoms with E-state index in [0.717, 1.165) is 32.7 Å². The number of hydrogen-bond donors (Lipinski definition) is 0. The normalized spacial score (nSPS) is 23.4. The van der Waals surface area contributed by atoms with Gasteiger partial charge in [-0.15, -0.1) is 0 Å². The van der Waals surface area contributed by atoms with Crippen molar-refractivity contribution in [1.29, 1.82) is 0 Å². The van der Waals surface area contributed by atoms with Crippen LogP contribution >= 0.6 is 22.6 Å². The summed E-state index contributed by atoms with van der Waals surface area (Å²) in [5, 5.41) is 0. The van der Waals surface area contributed by atoms with Crippen LogP contribution in [-0.4, -0.2) is 63.4 Å². The van der Waals surface area contributed by atoms with E-state index in [2.05, 4.69) is 93.1 Å². The van der Waals surface area contributed by atoms with Crippen molar-refractivity contribution in [2.45, 2.75) is 30.0 Å². The summed E-state index contributed by atoms with van der Waals surface area (Å²) in [6.07, 6.45) is 0. The van der Waals surface area contributed by atoms with Crippen molar-refractivity contribution in [2.24, 2.45) is 5.92 Å². The van der Waals surface area contributed by atoms with Gasteiger partial charge in [0.2, 0.25) is 5.91 Å². The van der Waals surface area contributed by atoms with Crippen molar-refractivity contribution >= 4 is 28.5 Å². The van der Waals surface area contributed by atoms with Crippen molar-refractivity contribution in [3.8, 4) is 0 Å². The van der Waals surface area contributed by atoms with Crippen LogP contribution < -0.4 is 0 Å². The fourth-order valence-corrected chi connectivity index (χ4v) is 5.74. The van der Waals surface area contributed by atoms with Crippen molar-refractivity contribution in [1.82, 2.24) is 14.7 Å². The number of carbonyl (C=O) groups excluding carboxylic acids is 1. The summed E-state index contributed by atoms with van der Waals surface area (Å²) < 4.78 is 0.463. The molecule has 0 aliphatic carbocycles. The number of hydrogen-bond acceptors (Lipinski definition) is 3. The molecule has 2 aromatic rings. The number of benzene rings is 2. The fourth-order valence-electron chi connectivity index (χ4n) is 4.51. The quantitative estimate of drug-likeness (QED) is 0.351. The molecule has 2 heterocycles. The van der Waals surface area contributed by atoms with Crippen LogP contribution in [0, 0.1) is 5.92 Å². The lowest BCUT2D eigenvalue weighted by atomic mass is 9.92. The average molecular weight is 503 g/mol. The minimum Gasteiger partial charge on any atom is -0.340 e. The Morgan fingerprint density at radius 1 is 0.897 bits per heavy atom. The van der Waals surface area contributed by atoms with Crippen LogP contribution in [0.4, 0.5) is 0 Å². The Kier molecular flexibility index (Phi) is 6.56. The molecule has 154 valence electrons. The molecule has 0 aromatic heterocycles. The molecule has 0 spiro atoms. The van der Waals surface area contributed by atoms with Crippen LogP contribution in [0.5, 0.6) is 0 Å². The standard InChI is InChI=1S/C24H30IN3O/c1-18(2)24(29)27-15-13-26(14-16-27)21-17-28(23(21)25)22(19-9-5-3-6-10-19)20-11-7-4-8-12-20/h3-12,18,21-23H,13-17H2,1-2H3.